The van der Waals surface area contributed by atoms with Crippen molar-refractivity contribution in [1.29, 1.82) is 0 Å². The minimum absolute atomic E-state index is 0.0108. The maximum Gasteiger partial charge on any atom is 0.328 e. The number of hydrogen-bond acceptors (Lipinski definition) is 2. The summed E-state index contributed by atoms with van der Waals surface area (Å²) in [5, 5.41) is 8.39. The Labute approximate surface area is 141 Å². The fourth-order valence-corrected chi connectivity index (χ4v) is 2.26. The van der Waals surface area contributed by atoms with Crippen molar-refractivity contribution in [1.82, 2.24) is 0 Å². The van der Waals surface area contributed by atoms with Crippen molar-refractivity contribution in [2.45, 2.75) is 77.6 Å². The fraction of sp³-hybridized carbons (Fsp3) is 0.600. The third kappa shape index (κ3) is 18.3. The molecule has 3 nitrogen and oxygen atoms in total. The Morgan fingerprint density at radius 3 is 1.96 bits per heavy atom. The second-order valence-corrected chi connectivity index (χ2v) is 5.82. The molecule has 1 N–H and O–H groups in total. The number of aliphatic carboxylic acids is 1. The molecule has 0 aromatic heterocycles. The molecule has 0 aliphatic rings. The van der Waals surface area contributed by atoms with Gasteiger partial charge < -0.3 is 5.11 Å². The molecule has 0 aromatic rings. The van der Waals surface area contributed by atoms with Gasteiger partial charge in [-0.1, -0.05) is 82.6 Å². The van der Waals surface area contributed by atoms with Crippen LogP contribution in [0.3, 0.4) is 0 Å². The van der Waals surface area contributed by atoms with Crippen LogP contribution in [0.15, 0.2) is 36.5 Å². The molecule has 0 aliphatic carbocycles. The number of carbonyl (C=O) groups excluding carboxylic acids is 1. The van der Waals surface area contributed by atoms with Gasteiger partial charge in [-0.3, -0.25) is 4.79 Å². The summed E-state index contributed by atoms with van der Waals surface area (Å²) in [5.74, 6) is -1.02. The normalized spacial score (nSPS) is 11.9. The van der Waals surface area contributed by atoms with E-state index in [0.717, 1.165) is 12.5 Å². The number of rotatable bonds is 15. The first-order valence-corrected chi connectivity index (χ1v) is 8.92. The second kappa shape index (κ2) is 16.7. The molecular formula is C20H32O3. The van der Waals surface area contributed by atoms with Crippen LogP contribution in [-0.4, -0.2) is 16.9 Å². The summed E-state index contributed by atoms with van der Waals surface area (Å²) >= 11 is 0. The van der Waals surface area contributed by atoms with Gasteiger partial charge in [0, 0.05) is 12.5 Å². The summed E-state index contributed by atoms with van der Waals surface area (Å²) < 4.78 is 0. The summed E-state index contributed by atoms with van der Waals surface area (Å²) in [7, 11) is 0. The van der Waals surface area contributed by atoms with Crippen LogP contribution in [-0.2, 0) is 9.59 Å². The number of carboxylic acid groups (broad SMARTS) is 1. The van der Waals surface area contributed by atoms with Crippen molar-refractivity contribution < 1.29 is 14.7 Å². The van der Waals surface area contributed by atoms with Crippen molar-refractivity contribution in [2.24, 2.45) is 0 Å². The smallest absolute Gasteiger partial charge is 0.328 e. The first kappa shape index (κ1) is 21.4. The van der Waals surface area contributed by atoms with E-state index in [-0.39, 0.29) is 5.78 Å². The predicted octanol–water partition coefficient (Wildman–Crippen LogP) is 5.62. The highest BCUT2D eigenvalue weighted by Gasteiger charge is 1.93. The van der Waals surface area contributed by atoms with E-state index < -0.39 is 5.97 Å². The third-order valence-corrected chi connectivity index (χ3v) is 3.59. The summed E-state index contributed by atoms with van der Waals surface area (Å²) in [4.78, 5) is 21.7. The first-order valence-electron chi connectivity index (χ1n) is 8.92. The molecule has 0 saturated carbocycles. The molecule has 0 fully saturated rings. The van der Waals surface area contributed by atoms with E-state index in [1.165, 1.54) is 76.0 Å². The van der Waals surface area contributed by atoms with Crippen molar-refractivity contribution in [2.75, 3.05) is 0 Å². The molecule has 0 atom stereocenters. The maximum absolute atomic E-state index is 11.5. The van der Waals surface area contributed by atoms with Crippen LogP contribution in [0.5, 0.6) is 0 Å². The summed E-state index contributed by atoms with van der Waals surface area (Å²) in [6.45, 7) is 2.24. The molecule has 0 radical (unpaired) electrons. The van der Waals surface area contributed by atoms with Crippen LogP contribution >= 0.6 is 0 Å². The van der Waals surface area contributed by atoms with Crippen LogP contribution in [0.25, 0.3) is 0 Å². The van der Waals surface area contributed by atoms with Gasteiger partial charge in [0.05, 0.1) is 0 Å². The van der Waals surface area contributed by atoms with Crippen LogP contribution in [0.1, 0.15) is 77.6 Å². The molecule has 0 amide bonds. The lowest BCUT2D eigenvalue weighted by Gasteiger charge is -2.00. The zero-order valence-corrected chi connectivity index (χ0v) is 14.5. The topological polar surface area (TPSA) is 54.4 Å². The van der Waals surface area contributed by atoms with Gasteiger partial charge in [-0.25, -0.2) is 4.79 Å². The summed E-state index contributed by atoms with van der Waals surface area (Å²) in [6.07, 6.45) is 22.5. The maximum atomic E-state index is 11.5. The highest BCUT2D eigenvalue weighted by molar-refractivity contribution is 5.91. The molecule has 0 aliphatic heterocycles. The number of unbranched alkanes of at least 4 members (excludes halogenated alkanes) is 9. The third-order valence-electron chi connectivity index (χ3n) is 3.59. The molecule has 130 valence electrons. The van der Waals surface area contributed by atoms with E-state index in [9.17, 15) is 9.59 Å². The molecule has 0 unspecified atom stereocenters. The van der Waals surface area contributed by atoms with Gasteiger partial charge >= 0.3 is 5.97 Å². The van der Waals surface area contributed by atoms with E-state index in [4.69, 9.17) is 5.11 Å². The largest absolute Gasteiger partial charge is 0.478 e. The SMILES string of the molecule is CCCCCCCCCCCC=CCC(=O)C=CC=CC(=O)O. The predicted molar refractivity (Wildman–Crippen MR) is 96.5 cm³/mol. The average molecular weight is 320 g/mol. The molecular weight excluding hydrogens is 288 g/mol. The summed E-state index contributed by atoms with van der Waals surface area (Å²) in [5.41, 5.74) is 0. The number of allylic oxidation sites excluding steroid dienone is 5. The number of ketones is 1. The Morgan fingerprint density at radius 1 is 0.783 bits per heavy atom. The highest BCUT2D eigenvalue weighted by atomic mass is 16.4. The summed E-state index contributed by atoms with van der Waals surface area (Å²) in [6, 6.07) is 0. The van der Waals surface area contributed by atoms with E-state index >= 15 is 0 Å². The molecule has 0 heterocycles. The fourth-order valence-electron chi connectivity index (χ4n) is 2.26. The molecule has 0 rings (SSSR count). The molecule has 0 saturated heterocycles. The average Bonchev–Trinajstić information content (AvgIpc) is 2.52. The quantitative estimate of drug-likeness (QED) is 0.184. The number of hydrogen-bond donors (Lipinski definition) is 1. The molecule has 3 heteroatoms. The van der Waals surface area contributed by atoms with Crippen LogP contribution in [0.2, 0.25) is 0 Å². The lowest BCUT2D eigenvalue weighted by molar-refractivity contribution is -0.131. The van der Waals surface area contributed by atoms with Crippen LogP contribution in [0.4, 0.5) is 0 Å². The van der Waals surface area contributed by atoms with Crippen molar-refractivity contribution in [3.8, 4) is 0 Å². The molecule has 0 bridgehead atoms. The Bertz CT molecular complexity index is 392. The van der Waals surface area contributed by atoms with Gasteiger partial charge in [0.15, 0.2) is 5.78 Å². The first-order chi connectivity index (χ1) is 11.2. The highest BCUT2D eigenvalue weighted by Crippen LogP contribution is 2.10. The van der Waals surface area contributed by atoms with E-state index in [1.54, 1.807) is 0 Å². The Kier molecular flexibility index (Phi) is 15.5. The zero-order valence-electron chi connectivity index (χ0n) is 14.5. The van der Waals surface area contributed by atoms with Gasteiger partial charge in [0.2, 0.25) is 0 Å². The Morgan fingerprint density at radius 2 is 1.35 bits per heavy atom. The van der Waals surface area contributed by atoms with E-state index in [2.05, 4.69) is 13.0 Å². The minimum Gasteiger partial charge on any atom is -0.478 e. The van der Waals surface area contributed by atoms with Gasteiger partial charge in [-0.15, -0.1) is 0 Å². The molecule has 23 heavy (non-hydrogen) atoms. The van der Waals surface area contributed by atoms with E-state index in [1.807, 2.05) is 6.08 Å². The van der Waals surface area contributed by atoms with Gasteiger partial charge in [0.25, 0.3) is 0 Å². The lowest BCUT2D eigenvalue weighted by Crippen LogP contribution is -1.89. The molecule has 0 aromatic carbocycles. The van der Waals surface area contributed by atoms with Gasteiger partial charge in [-0.05, 0) is 18.9 Å². The van der Waals surface area contributed by atoms with Crippen molar-refractivity contribution >= 4 is 11.8 Å². The van der Waals surface area contributed by atoms with Crippen molar-refractivity contribution in [3.63, 3.8) is 0 Å². The molecule has 0 spiro atoms. The lowest BCUT2D eigenvalue weighted by atomic mass is 10.1. The standard InChI is InChI=1S/C20H32O3/c1-2-3-4-5-6-7-8-9-10-11-12-13-16-19(21)17-14-15-18-20(22)23/h12-15,17-18H,2-11,16H2,1H3,(H,22,23). The van der Waals surface area contributed by atoms with Crippen LogP contribution in [0, 0.1) is 0 Å². The number of carboxylic acids is 1. The number of carbonyl (C=O) groups is 2. The Balaban J connectivity index is 3.43. The minimum atomic E-state index is -1.01. The zero-order chi connectivity index (χ0) is 17.2. The van der Waals surface area contributed by atoms with Gasteiger partial charge in [0.1, 0.15) is 0 Å². The monoisotopic (exact) mass is 320 g/mol. The van der Waals surface area contributed by atoms with E-state index in [0.29, 0.717) is 6.42 Å². The Hall–Kier alpha value is -1.64. The van der Waals surface area contributed by atoms with Gasteiger partial charge in [-0.2, -0.15) is 0 Å². The van der Waals surface area contributed by atoms with Crippen LogP contribution < -0.4 is 0 Å². The van der Waals surface area contributed by atoms with Crippen molar-refractivity contribution in [3.05, 3.63) is 36.5 Å². The second-order valence-electron chi connectivity index (χ2n) is 5.82.